The van der Waals surface area contributed by atoms with Crippen molar-refractivity contribution >= 4 is 5.91 Å². The van der Waals surface area contributed by atoms with Gasteiger partial charge in [0.15, 0.2) is 0 Å². The zero-order chi connectivity index (χ0) is 11.1. The Kier molecular flexibility index (Phi) is 5.69. The Bertz CT molecular complexity index is 190. The van der Waals surface area contributed by atoms with Crippen molar-refractivity contribution in [3.8, 4) is 0 Å². The SMILES string of the molecule is CCC[C@@H](C)CNCCNC(=O)C1CC1. The number of hydrogen-bond acceptors (Lipinski definition) is 2. The summed E-state index contributed by atoms with van der Waals surface area (Å²) in [5.74, 6) is 1.33. The van der Waals surface area contributed by atoms with E-state index in [1.807, 2.05) is 0 Å². The fourth-order valence-corrected chi connectivity index (χ4v) is 1.71. The summed E-state index contributed by atoms with van der Waals surface area (Å²) in [5.41, 5.74) is 0. The van der Waals surface area contributed by atoms with Crippen LogP contribution in [-0.4, -0.2) is 25.5 Å². The van der Waals surface area contributed by atoms with Crippen molar-refractivity contribution in [2.45, 2.75) is 39.5 Å². The van der Waals surface area contributed by atoms with Crippen LogP contribution in [0.5, 0.6) is 0 Å². The van der Waals surface area contributed by atoms with E-state index in [1.54, 1.807) is 0 Å². The van der Waals surface area contributed by atoms with Crippen LogP contribution in [0.3, 0.4) is 0 Å². The highest BCUT2D eigenvalue weighted by molar-refractivity contribution is 5.80. The molecule has 88 valence electrons. The molecule has 1 amide bonds. The summed E-state index contributed by atoms with van der Waals surface area (Å²) < 4.78 is 0. The predicted octanol–water partition coefficient (Wildman–Crippen LogP) is 1.54. The first-order chi connectivity index (χ1) is 7.24. The van der Waals surface area contributed by atoms with Gasteiger partial charge in [0, 0.05) is 19.0 Å². The fraction of sp³-hybridized carbons (Fsp3) is 0.917. The highest BCUT2D eigenvalue weighted by Gasteiger charge is 2.28. The molecular formula is C12H24N2O. The normalized spacial score (nSPS) is 17.5. The topological polar surface area (TPSA) is 41.1 Å². The van der Waals surface area contributed by atoms with E-state index < -0.39 is 0 Å². The standard InChI is InChI=1S/C12H24N2O/c1-3-4-10(2)9-13-7-8-14-12(15)11-5-6-11/h10-11,13H,3-9H2,1-2H3,(H,14,15)/t10-/m1/s1. The highest BCUT2D eigenvalue weighted by Crippen LogP contribution is 2.28. The smallest absolute Gasteiger partial charge is 0.223 e. The molecule has 1 saturated carbocycles. The maximum atomic E-state index is 11.3. The van der Waals surface area contributed by atoms with Crippen LogP contribution < -0.4 is 10.6 Å². The van der Waals surface area contributed by atoms with E-state index in [0.717, 1.165) is 38.4 Å². The first-order valence-corrected chi connectivity index (χ1v) is 6.22. The quantitative estimate of drug-likeness (QED) is 0.599. The number of carbonyl (C=O) groups excluding carboxylic acids is 1. The van der Waals surface area contributed by atoms with Crippen LogP contribution in [0.15, 0.2) is 0 Å². The van der Waals surface area contributed by atoms with E-state index >= 15 is 0 Å². The molecule has 0 bridgehead atoms. The largest absolute Gasteiger partial charge is 0.355 e. The molecule has 0 heterocycles. The lowest BCUT2D eigenvalue weighted by atomic mass is 10.1. The molecule has 2 N–H and O–H groups in total. The van der Waals surface area contributed by atoms with Gasteiger partial charge >= 0.3 is 0 Å². The minimum Gasteiger partial charge on any atom is -0.355 e. The molecule has 3 nitrogen and oxygen atoms in total. The van der Waals surface area contributed by atoms with Crippen LogP contribution in [0.25, 0.3) is 0 Å². The second-order valence-electron chi connectivity index (χ2n) is 4.66. The van der Waals surface area contributed by atoms with Gasteiger partial charge in [0.2, 0.25) is 5.91 Å². The maximum Gasteiger partial charge on any atom is 0.223 e. The van der Waals surface area contributed by atoms with E-state index in [-0.39, 0.29) is 5.91 Å². The minimum atomic E-state index is 0.249. The molecule has 1 aliphatic rings. The molecule has 1 atom stereocenters. The molecule has 15 heavy (non-hydrogen) atoms. The first-order valence-electron chi connectivity index (χ1n) is 6.22. The van der Waals surface area contributed by atoms with Crippen LogP contribution >= 0.6 is 0 Å². The Balaban J connectivity index is 1.85. The Morgan fingerprint density at radius 2 is 2.13 bits per heavy atom. The molecule has 3 heteroatoms. The van der Waals surface area contributed by atoms with Gasteiger partial charge in [-0.2, -0.15) is 0 Å². The molecular weight excluding hydrogens is 188 g/mol. The second-order valence-corrected chi connectivity index (χ2v) is 4.66. The Morgan fingerprint density at radius 1 is 1.40 bits per heavy atom. The second kappa shape index (κ2) is 6.83. The van der Waals surface area contributed by atoms with Gasteiger partial charge < -0.3 is 10.6 Å². The van der Waals surface area contributed by atoms with E-state index in [0.29, 0.717) is 5.92 Å². The molecule has 0 saturated heterocycles. The van der Waals surface area contributed by atoms with Crippen molar-refractivity contribution in [3.63, 3.8) is 0 Å². The summed E-state index contributed by atoms with van der Waals surface area (Å²) in [6, 6.07) is 0. The maximum absolute atomic E-state index is 11.3. The van der Waals surface area contributed by atoms with Crippen LogP contribution in [0.4, 0.5) is 0 Å². The fourth-order valence-electron chi connectivity index (χ4n) is 1.71. The summed E-state index contributed by atoms with van der Waals surface area (Å²) in [5, 5.41) is 6.32. The van der Waals surface area contributed by atoms with Gasteiger partial charge in [-0.1, -0.05) is 20.3 Å². The minimum absolute atomic E-state index is 0.249. The Morgan fingerprint density at radius 3 is 2.73 bits per heavy atom. The number of nitrogens with one attached hydrogen (secondary N) is 2. The molecule has 0 aromatic carbocycles. The van der Waals surface area contributed by atoms with Crippen molar-refractivity contribution in [3.05, 3.63) is 0 Å². The van der Waals surface area contributed by atoms with Gasteiger partial charge in [0.1, 0.15) is 0 Å². The third-order valence-corrected chi connectivity index (χ3v) is 2.82. The molecule has 0 spiro atoms. The lowest BCUT2D eigenvalue weighted by Crippen LogP contribution is -2.34. The number of amides is 1. The predicted molar refractivity (Wildman–Crippen MR) is 62.7 cm³/mol. The number of rotatable bonds is 8. The van der Waals surface area contributed by atoms with E-state index in [1.165, 1.54) is 12.8 Å². The lowest BCUT2D eigenvalue weighted by molar-refractivity contribution is -0.122. The van der Waals surface area contributed by atoms with Crippen LogP contribution in [-0.2, 0) is 4.79 Å². The molecule has 1 fully saturated rings. The van der Waals surface area contributed by atoms with Crippen LogP contribution in [0.2, 0.25) is 0 Å². The van der Waals surface area contributed by atoms with Gasteiger partial charge in [-0.05, 0) is 31.7 Å². The molecule has 0 aromatic heterocycles. The third kappa shape index (κ3) is 5.78. The lowest BCUT2D eigenvalue weighted by Gasteiger charge is -2.11. The zero-order valence-electron chi connectivity index (χ0n) is 10.0. The monoisotopic (exact) mass is 212 g/mol. The first kappa shape index (κ1) is 12.5. The van der Waals surface area contributed by atoms with Gasteiger partial charge in [0.25, 0.3) is 0 Å². The van der Waals surface area contributed by atoms with Crippen molar-refractivity contribution < 1.29 is 4.79 Å². The molecule has 1 rings (SSSR count). The summed E-state index contributed by atoms with van der Waals surface area (Å²) in [7, 11) is 0. The molecule has 0 aliphatic heterocycles. The average Bonchev–Trinajstić information content (AvgIpc) is 3.00. The summed E-state index contributed by atoms with van der Waals surface area (Å²) >= 11 is 0. The number of carbonyl (C=O) groups is 1. The summed E-state index contributed by atoms with van der Waals surface area (Å²) in [6.07, 6.45) is 4.71. The zero-order valence-corrected chi connectivity index (χ0v) is 10.0. The molecule has 1 aliphatic carbocycles. The Labute approximate surface area is 93.0 Å². The van der Waals surface area contributed by atoms with Gasteiger partial charge in [-0.15, -0.1) is 0 Å². The van der Waals surface area contributed by atoms with Crippen molar-refractivity contribution in [2.75, 3.05) is 19.6 Å². The molecule has 0 unspecified atom stereocenters. The van der Waals surface area contributed by atoms with E-state index in [4.69, 9.17) is 0 Å². The van der Waals surface area contributed by atoms with Gasteiger partial charge in [-0.25, -0.2) is 0 Å². The Hall–Kier alpha value is -0.570. The van der Waals surface area contributed by atoms with Crippen LogP contribution in [0.1, 0.15) is 39.5 Å². The van der Waals surface area contributed by atoms with Crippen molar-refractivity contribution in [1.29, 1.82) is 0 Å². The van der Waals surface area contributed by atoms with Crippen molar-refractivity contribution in [2.24, 2.45) is 11.8 Å². The average molecular weight is 212 g/mol. The summed E-state index contributed by atoms with van der Waals surface area (Å²) in [6.45, 7) is 7.21. The van der Waals surface area contributed by atoms with E-state index in [2.05, 4.69) is 24.5 Å². The highest BCUT2D eigenvalue weighted by atomic mass is 16.2. The van der Waals surface area contributed by atoms with Gasteiger partial charge in [0.05, 0.1) is 0 Å². The summed E-state index contributed by atoms with van der Waals surface area (Å²) in [4.78, 5) is 11.3. The van der Waals surface area contributed by atoms with E-state index in [9.17, 15) is 4.79 Å². The molecule has 0 aromatic rings. The molecule has 0 radical (unpaired) electrons. The third-order valence-electron chi connectivity index (χ3n) is 2.82. The number of hydrogen-bond donors (Lipinski definition) is 2. The van der Waals surface area contributed by atoms with Gasteiger partial charge in [-0.3, -0.25) is 4.79 Å². The van der Waals surface area contributed by atoms with Crippen molar-refractivity contribution in [1.82, 2.24) is 10.6 Å². The van der Waals surface area contributed by atoms with Crippen LogP contribution in [0, 0.1) is 11.8 Å².